The number of rotatable bonds is 8. The van der Waals surface area contributed by atoms with Crippen molar-refractivity contribution < 1.29 is 23.8 Å². The summed E-state index contributed by atoms with van der Waals surface area (Å²) in [6.45, 7) is 2.52. The third kappa shape index (κ3) is 4.70. The third-order valence-corrected chi connectivity index (χ3v) is 3.01. The molecule has 20 heavy (non-hydrogen) atoms. The number of hydrogen-bond acceptors (Lipinski definition) is 4. The normalized spacial score (nSPS) is 10.6. The number of carboxylic acids is 1. The molecule has 0 aliphatic carbocycles. The van der Waals surface area contributed by atoms with E-state index in [0.29, 0.717) is 24.5 Å². The zero-order valence-electron chi connectivity index (χ0n) is 12.1. The van der Waals surface area contributed by atoms with E-state index in [1.165, 1.54) is 11.0 Å². The SMILES string of the molecule is COCCCCC(=O)N(C)Cc1cc(C(=O)O)c(C)o1. The lowest BCUT2D eigenvalue weighted by atomic mass is 10.2. The standard InChI is InChI=1S/C14H21NO5/c1-10-12(14(17)18)8-11(20-10)9-15(2)13(16)6-4-5-7-19-3/h8H,4-7,9H2,1-3H3,(H,17,18). The molecule has 112 valence electrons. The van der Waals surface area contributed by atoms with Gasteiger partial charge in [-0.2, -0.15) is 0 Å². The van der Waals surface area contributed by atoms with Crippen LogP contribution in [0.25, 0.3) is 0 Å². The number of ether oxygens (including phenoxy) is 1. The van der Waals surface area contributed by atoms with Crippen LogP contribution in [-0.2, 0) is 16.1 Å². The lowest BCUT2D eigenvalue weighted by Crippen LogP contribution is -2.25. The first-order chi connectivity index (χ1) is 9.45. The molecule has 1 aromatic heterocycles. The van der Waals surface area contributed by atoms with Gasteiger partial charge in [0, 0.05) is 27.2 Å². The Morgan fingerprint density at radius 2 is 2.10 bits per heavy atom. The zero-order chi connectivity index (χ0) is 15.1. The molecule has 1 amide bonds. The summed E-state index contributed by atoms with van der Waals surface area (Å²) < 4.78 is 10.3. The molecule has 0 fully saturated rings. The second-order valence-corrected chi connectivity index (χ2v) is 4.69. The Bertz CT molecular complexity index is 466. The smallest absolute Gasteiger partial charge is 0.339 e. The molecule has 6 heteroatoms. The fraction of sp³-hybridized carbons (Fsp3) is 0.571. The fourth-order valence-corrected chi connectivity index (χ4v) is 1.87. The van der Waals surface area contributed by atoms with Gasteiger partial charge in [-0.3, -0.25) is 4.79 Å². The number of furan rings is 1. The maximum atomic E-state index is 11.9. The van der Waals surface area contributed by atoms with Crippen molar-refractivity contribution in [3.8, 4) is 0 Å². The van der Waals surface area contributed by atoms with Crippen LogP contribution < -0.4 is 0 Å². The topological polar surface area (TPSA) is 80.0 Å². The highest BCUT2D eigenvalue weighted by Gasteiger charge is 2.16. The second-order valence-electron chi connectivity index (χ2n) is 4.69. The minimum Gasteiger partial charge on any atom is -0.478 e. The van der Waals surface area contributed by atoms with Crippen LogP contribution in [0.3, 0.4) is 0 Å². The van der Waals surface area contributed by atoms with Gasteiger partial charge in [0.1, 0.15) is 17.1 Å². The minimum absolute atomic E-state index is 0.00651. The molecule has 0 aliphatic rings. The van der Waals surface area contributed by atoms with Gasteiger partial charge in [0.2, 0.25) is 5.91 Å². The Morgan fingerprint density at radius 1 is 1.40 bits per heavy atom. The van der Waals surface area contributed by atoms with Crippen molar-refractivity contribution in [2.75, 3.05) is 20.8 Å². The number of carbonyl (C=O) groups excluding carboxylic acids is 1. The summed E-state index contributed by atoms with van der Waals surface area (Å²) in [5, 5.41) is 8.94. The van der Waals surface area contributed by atoms with E-state index in [2.05, 4.69) is 0 Å². The summed E-state index contributed by atoms with van der Waals surface area (Å²) in [5.74, 6) is -0.181. The van der Waals surface area contributed by atoms with Crippen molar-refractivity contribution >= 4 is 11.9 Å². The molecule has 0 spiro atoms. The van der Waals surface area contributed by atoms with Gasteiger partial charge in [-0.1, -0.05) is 0 Å². The molecule has 1 heterocycles. The van der Waals surface area contributed by atoms with E-state index in [-0.39, 0.29) is 18.0 Å². The Hall–Kier alpha value is -1.82. The van der Waals surface area contributed by atoms with Gasteiger partial charge in [-0.25, -0.2) is 4.79 Å². The van der Waals surface area contributed by atoms with E-state index in [0.717, 1.165) is 12.8 Å². The molecule has 0 radical (unpaired) electrons. The predicted molar refractivity (Wildman–Crippen MR) is 72.6 cm³/mol. The number of hydrogen-bond donors (Lipinski definition) is 1. The summed E-state index contributed by atoms with van der Waals surface area (Å²) in [4.78, 5) is 24.3. The number of nitrogens with zero attached hydrogens (tertiary/aromatic N) is 1. The van der Waals surface area contributed by atoms with E-state index in [4.69, 9.17) is 14.3 Å². The van der Waals surface area contributed by atoms with Gasteiger partial charge >= 0.3 is 5.97 Å². The number of amides is 1. The first-order valence-electron chi connectivity index (χ1n) is 6.51. The van der Waals surface area contributed by atoms with Gasteiger partial charge in [-0.15, -0.1) is 0 Å². The summed E-state index contributed by atoms with van der Waals surface area (Å²) in [6.07, 6.45) is 2.07. The quantitative estimate of drug-likeness (QED) is 0.739. The highest BCUT2D eigenvalue weighted by Crippen LogP contribution is 2.16. The molecule has 0 aromatic carbocycles. The van der Waals surface area contributed by atoms with E-state index < -0.39 is 5.97 Å². The number of carbonyl (C=O) groups is 2. The number of carboxylic acid groups (broad SMARTS) is 1. The monoisotopic (exact) mass is 283 g/mol. The molecule has 6 nitrogen and oxygen atoms in total. The molecule has 1 aromatic rings. The van der Waals surface area contributed by atoms with Crippen LogP contribution in [0.4, 0.5) is 0 Å². The van der Waals surface area contributed by atoms with Crippen molar-refractivity contribution in [3.63, 3.8) is 0 Å². The number of unbranched alkanes of at least 4 members (excludes halogenated alkanes) is 1. The molecular weight excluding hydrogens is 262 g/mol. The summed E-state index contributed by atoms with van der Waals surface area (Å²) in [5.41, 5.74) is 0.140. The molecule has 0 saturated carbocycles. The van der Waals surface area contributed by atoms with E-state index in [1.54, 1.807) is 21.1 Å². The Morgan fingerprint density at radius 3 is 2.65 bits per heavy atom. The minimum atomic E-state index is -1.02. The number of aromatic carboxylic acids is 1. The van der Waals surface area contributed by atoms with Gasteiger partial charge in [0.25, 0.3) is 0 Å². The Balaban J connectivity index is 2.49. The van der Waals surface area contributed by atoms with Crippen LogP contribution in [0.15, 0.2) is 10.5 Å². The van der Waals surface area contributed by atoms with Crippen LogP contribution in [0.2, 0.25) is 0 Å². The lowest BCUT2D eigenvalue weighted by molar-refractivity contribution is -0.130. The molecule has 1 rings (SSSR count). The maximum Gasteiger partial charge on any atom is 0.339 e. The predicted octanol–water partition coefficient (Wildman–Crippen LogP) is 2.06. The molecular formula is C14H21NO5. The lowest BCUT2D eigenvalue weighted by Gasteiger charge is -2.15. The fourth-order valence-electron chi connectivity index (χ4n) is 1.87. The molecule has 0 aliphatic heterocycles. The Labute approximate surface area is 118 Å². The van der Waals surface area contributed by atoms with Crippen molar-refractivity contribution in [1.29, 1.82) is 0 Å². The molecule has 0 atom stereocenters. The molecule has 1 N–H and O–H groups in total. The van der Waals surface area contributed by atoms with Gasteiger partial charge < -0.3 is 19.2 Å². The summed E-state index contributed by atoms with van der Waals surface area (Å²) >= 11 is 0. The van der Waals surface area contributed by atoms with Crippen molar-refractivity contribution in [3.05, 3.63) is 23.2 Å². The first-order valence-corrected chi connectivity index (χ1v) is 6.51. The van der Waals surface area contributed by atoms with Crippen LogP contribution in [0.5, 0.6) is 0 Å². The molecule has 0 saturated heterocycles. The van der Waals surface area contributed by atoms with Crippen molar-refractivity contribution in [1.82, 2.24) is 4.90 Å². The Kier molecular flexibility index (Phi) is 6.24. The van der Waals surface area contributed by atoms with E-state index in [1.807, 2.05) is 0 Å². The van der Waals surface area contributed by atoms with Crippen LogP contribution in [0.1, 0.15) is 41.1 Å². The van der Waals surface area contributed by atoms with Crippen molar-refractivity contribution in [2.45, 2.75) is 32.7 Å². The van der Waals surface area contributed by atoms with Crippen LogP contribution >= 0.6 is 0 Å². The molecule has 0 bridgehead atoms. The highest BCUT2D eigenvalue weighted by atomic mass is 16.5. The first kappa shape index (κ1) is 16.2. The average Bonchev–Trinajstić information content (AvgIpc) is 2.75. The summed E-state index contributed by atoms with van der Waals surface area (Å²) in [7, 11) is 3.31. The van der Waals surface area contributed by atoms with Gasteiger partial charge in [0.15, 0.2) is 0 Å². The van der Waals surface area contributed by atoms with E-state index >= 15 is 0 Å². The number of aryl methyl sites for hydroxylation is 1. The summed E-state index contributed by atoms with van der Waals surface area (Å²) in [6, 6.07) is 1.46. The molecule has 0 unspecified atom stereocenters. The third-order valence-electron chi connectivity index (χ3n) is 3.01. The average molecular weight is 283 g/mol. The highest BCUT2D eigenvalue weighted by molar-refractivity contribution is 5.88. The van der Waals surface area contributed by atoms with Gasteiger partial charge in [0.05, 0.1) is 6.54 Å². The second kappa shape index (κ2) is 7.69. The van der Waals surface area contributed by atoms with Crippen molar-refractivity contribution in [2.24, 2.45) is 0 Å². The van der Waals surface area contributed by atoms with Gasteiger partial charge in [-0.05, 0) is 25.8 Å². The zero-order valence-corrected chi connectivity index (χ0v) is 12.1. The largest absolute Gasteiger partial charge is 0.478 e. The van der Waals surface area contributed by atoms with E-state index in [9.17, 15) is 9.59 Å². The van der Waals surface area contributed by atoms with Crippen LogP contribution in [0, 0.1) is 6.92 Å². The number of methoxy groups -OCH3 is 1. The maximum absolute atomic E-state index is 11.9. The van der Waals surface area contributed by atoms with Crippen LogP contribution in [-0.4, -0.2) is 42.6 Å².